The van der Waals surface area contributed by atoms with Gasteiger partial charge in [-0.2, -0.15) is 0 Å². The molecule has 2 aromatic rings. The molecule has 0 amide bonds. The van der Waals surface area contributed by atoms with Crippen LogP contribution in [-0.2, 0) is 5.60 Å². The predicted molar refractivity (Wildman–Crippen MR) is 87.6 cm³/mol. The van der Waals surface area contributed by atoms with Gasteiger partial charge in [0, 0.05) is 18.0 Å². The number of pyridine rings is 1. The smallest absolute Gasteiger partial charge is 0.121 e. The van der Waals surface area contributed by atoms with E-state index in [2.05, 4.69) is 11.6 Å². The lowest BCUT2D eigenvalue weighted by atomic mass is 9.75. The molecule has 0 aliphatic carbocycles. The van der Waals surface area contributed by atoms with Crippen LogP contribution in [0.1, 0.15) is 24.0 Å². The fourth-order valence-electron chi connectivity index (χ4n) is 2.51. The van der Waals surface area contributed by atoms with Crippen LogP contribution in [0.5, 0.6) is 0 Å². The van der Waals surface area contributed by atoms with Crippen molar-refractivity contribution in [2.45, 2.75) is 23.3 Å². The molecule has 21 heavy (non-hydrogen) atoms. The number of hydrogen-bond donors (Lipinski definition) is 1. The molecule has 4 heteroatoms. The van der Waals surface area contributed by atoms with Crippen molar-refractivity contribution in [1.29, 1.82) is 0 Å². The van der Waals surface area contributed by atoms with Crippen molar-refractivity contribution < 1.29 is 5.11 Å². The van der Waals surface area contributed by atoms with Crippen molar-refractivity contribution in [3.63, 3.8) is 0 Å². The van der Waals surface area contributed by atoms with E-state index in [0.29, 0.717) is 11.1 Å². The molecule has 110 valence electrons. The van der Waals surface area contributed by atoms with E-state index < -0.39 is 16.4 Å². The molecule has 0 aliphatic rings. The molecule has 2 atom stereocenters. The molecule has 1 N–H and O–H groups in total. The zero-order valence-electron chi connectivity index (χ0n) is 11.7. The van der Waals surface area contributed by atoms with Crippen molar-refractivity contribution in [2.75, 3.05) is 0 Å². The van der Waals surface area contributed by atoms with Crippen LogP contribution in [0.15, 0.2) is 67.0 Å². The Morgan fingerprint density at radius 3 is 2.33 bits per heavy atom. The van der Waals surface area contributed by atoms with Gasteiger partial charge in [-0.1, -0.05) is 43.0 Å². The molecule has 1 aromatic carbocycles. The minimum atomic E-state index is -1.39. The lowest BCUT2D eigenvalue weighted by Gasteiger charge is -2.38. The second kappa shape index (κ2) is 6.61. The van der Waals surface area contributed by atoms with E-state index in [1.165, 1.54) is 0 Å². The Labute approximate surface area is 135 Å². The summed E-state index contributed by atoms with van der Waals surface area (Å²) in [6.45, 7) is 5.70. The van der Waals surface area contributed by atoms with E-state index in [4.69, 9.17) is 23.2 Å². The highest BCUT2D eigenvalue weighted by atomic mass is 35.5. The van der Waals surface area contributed by atoms with Gasteiger partial charge in [-0.15, -0.1) is 23.2 Å². The molecule has 0 spiro atoms. The van der Waals surface area contributed by atoms with Gasteiger partial charge in [-0.05, 0) is 24.1 Å². The summed E-state index contributed by atoms with van der Waals surface area (Å²) in [5, 5.41) is 11.3. The Hall–Kier alpha value is -1.35. The summed E-state index contributed by atoms with van der Waals surface area (Å²) < 4.78 is 0. The van der Waals surface area contributed by atoms with Gasteiger partial charge in [0.15, 0.2) is 0 Å². The number of aliphatic hydroxyl groups is 1. The molecule has 0 saturated heterocycles. The van der Waals surface area contributed by atoms with E-state index >= 15 is 0 Å². The van der Waals surface area contributed by atoms with Gasteiger partial charge in [0.25, 0.3) is 0 Å². The number of hydrogen-bond acceptors (Lipinski definition) is 2. The van der Waals surface area contributed by atoms with Crippen LogP contribution >= 0.6 is 23.2 Å². The maximum absolute atomic E-state index is 11.3. The number of benzene rings is 1. The predicted octanol–water partition coefficient (Wildman–Crippen LogP) is 4.43. The van der Waals surface area contributed by atoms with E-state index in [0.717, 1.165) is 5.56 Å². The third-order valence-electron chi connectivity index (χ3n) is 3.61. The minimum absolute atomic E-state index is 0.538. The average Bonchev–Trinajstić information content (AvgIpc) is 2.48. The number of halogens is 2. The van der Waals surface area contributed by atoms with Crippen molar-refractivity contribution in [3.05, 3.63) is 78.1 Å². The Kier molecular flexibility index (Phi) is 5.04. The van der Waals surface area contributed by atoms with Crippen LogP contribution in [0.25, 0.3) is 0 Å². The fraction of sp³-hybridized carbons (Fsp3) is 0.235. The second-order valence-electron chi connectivity index (χ2n) is 5.01. The van der Waals surface area contributed by atoms with Crippen LogP contribution in [-0.4, -0.2) is 14.9 Å². The molecule has 1 heterocycles. The van der Waals surface area contributed by atoms with E-state index in [1.54, 1.807) is 31.5 Å². The van der Waals surface area contributed by atoms with Gasteiger partial charge in [0.2, 0.25) is 0 Å². The molecule has 2 nitrogen and oxygen atoms in total. The van der Waals surface area contributed by atoms with Crippen molar-refractivity contribution in [3.8, 4) is 0 Å². The molecule has 0 bridgehead atoms. The highest BCUT2D eigenvalue weighted by Gasteiger charge is 2.43. The highest BCUT2D eigenvalue weighted by Crippen LogP contribution is 2.46. The maximum atomic E-state index is 11.3. The topological polar surface area (TPSA) is 33.1 Å². The first-order valence-electron chi connectivity index (χ1n) is 6.60. The highest BCUT2D eigenvalue weighted by molar-refractivity contribution is 6.44. The first-order valence-corrected chi connectivity index (χ1v) is 7.47. The monoisotopic (exact) mass is 321 g/mol. The van der Waals surface area contributed by atoms with Gasteiger partial charge < -0.3 is 5.11 Å². The number of aromatic nitrogens is 1. The third kappa shape index (κ3) is 3.13. The Morgan fingerprint density at radius 2 is 1.86 bits per heavy atom. The lowest BCUT2D eigenvalue weighted by Crippen LogP contribution is -2.38. The summed E-state index contributed by atoms with van der Waals surface area (Å²) in [4.78, 5) is 3.28. The number of nitrogens with zero attached hydrogens (tertiary/aromatic N) is 1. The van der Waals surface area contributed by atoms with E-state index in [9.17, 15) is 5.11 Å². The van der Waals surface area contributed by atoms with Gasteiger partial charge >= 0.3 is 0 Å². The summed E-state index contributed by atoms with van der Waals surface area (Å²) in [5.74, 6) is -0.538. The third-order valence-corrected chi connectivity index (χ3v) is 4.12. The van der Waals surface area contributed by atoms with E-state index in [1.807, 2.05) is 30.3 Å². The summed E-state index contributed by atoms with van der Waals surface area (Å²) in [7, 11) is 0. The maximum Gasteiger partial charge on any atom is 0.121 e. The molecule has 0 saturated carbocycles. The zero-order chi connectivity index (χ0) is 15.5. The normalized spacial score (nSPS) is 15.5. The molecule has 2 unspecified atom stereocenters. The summed E-state index contributed by atoms with van der Waals surface area (Å²) in [6.07, 6.45) is 3.26. The summed E-state index contributed by atoms with van der Waals surface area (Å²) >= 11 is 12.4. The Morgan fingerprint density at radius 1 is 1.19 bits per heavy atom. The lowest BCUT2D eigenvalue weighted by molar-refractivity contribution is 0.0494. The SMILES string of the molecule is C=C(C)C(O)(c1cccnc1)C(c1ccccc1)C(Cl)Cl. The van der Waals surface area contributed by atoms with Crippen LogP contribution in [0.2, 0.25) is 0 Å². The van der Waals surface area contributed by atoms with Gasteiger partial charge in [-0.25, -0.2) is 0 Å². The quantitative estimate of drug-likeness (QED) is 0.652. The van der Waals surface area contributed by atoms with E-state index in [-0.39, 0.29) is 0 Å². The van der Waals surface area contributed by atoms with Gasteiger partial charge in [0.05, 0.1) is 5.92 Å². The molecular formula is C17H17Cl2NO. The van der Waals surface area contributed by atoms with Crippen molar-refractivity contribution in [1.82, 2.24) is 4.98 Å². The molecule has 2 rings (SSSR count). The second-order valence-corrected chi connectivity index (χ2v) is 6.18. The molecular weight excluding hydrogens is 305 g/mol. The largest absolute Gasteiger partial charge is 0.380 e. The standard InChI is InChI=1S/C17H17Cl2NO/c1-12(2)17(21,14-9-6-10-20-11-14)15(16(18)19)13-7-4-3-5-8-13/h3-11,15-16,21H,1H2,2H3. The average molecular weight is 322 g/mol. The number of rotatable bonds is 5. The molecule has 0 radical (unpaired) electrons. The summed E-state index contributed by atoms with van der Waals surface area (Å²) in [6, 6.07) is 13.0. The number of alkyl halides is 2. The van der Waals surface area contributed by atoms with Crippen LogP contribution in [0.3, 0.4) is 0 Å². The molecule has 0 aliphatic heterocycles. The van der Waals surface area contributed by atoms with Crippen LogP contribution in [0.4, 0.5) is 0 Å². The fourth-order valence-corrected chi connectivity index (χ4v) is 3.16. The van der Waals surface area contributed by atoms with Gasteiger partial charge in [0.1, 0.15) is 10.4 Å². The minimum Gasteiger partial charge on any atom is -0.380 e. The molecule has 0 fully saturated rings. The Bertz CT molecular complexity index is 601. The Balaban J connectivity index is 2.61. The first kappa shape index (κ1) is 16.0. The van der Waals surface area contributed by atoms with Gasteiger partial charge in [-0.3, -0.25) is 4.98 Å². The van der Waals surface area contributed by atoms with Crippen LogP contribution in [0, 0.1) is 0 Å². The van der Waals surface area contributed by atoms with Crippen molar-refractivity contribution >= 4 is 23.2 Å². The molecule has 1 aromatic heterocycles. The zero-order valence-corrected chi connectivity index (χ0v) is 13.2. The first-order chi connectivity index (χ1) is 9.98. The summed E-state index contributed by atoms with van der Waals surface area (Å²) in [5.41, 5.74) is 0.652. The van der Waals surface area contributed by atoms with Crippen LogP contribution < -0.4 is 0 Å². The van der Waals surface area contributed by atoms with Crippen molar-refractivity contribution in [2.24, 2.45) is 0 Å².